The van der Waals surface area contributed by atoms with Crippen molar-refractivity contribution >= 4 is 51.3 Å². The second kappa shape index (κ2) is 8.81. The number of aliphatic imine (C=N–C) groups is 1. The number of hydrogen-bond acceptors (Lipinski definition) is 4. The van der Waals surface area contributed by atoms with E-state index in [1.807, 2.05) is 0 Å². The van der Waals surface area contributed by atoms with Crippen LogP contribution in [0.2, 0.25) is 0 Å². The zero-order valence-electron chi connectivity index (χ0n) is 14.4. The van der Waals surface area contributed by atoms with Gasteiger partial charge >= 0.3 is 0 Å². The van der Waals surface area contributed by atoms with Crippen LogP contribution < -0.4 is 10.5 Å². The lowest BCUT2D eigenvalue weighted by Gasteiger charge is -2.27. The number of thiophene rings is 1. The Hall–Kier alpha value is -0.390. The quantitative estimate of drug-likeness (QED) is 0.381. The molecule has 0 amide bonds. The van der Waals surface area contributed by atoms with Gasteiger partial charge in [-0.2, -0.15) is 0 Å². The van der Waals surface area contributed by atoms with Crippen molar-refractivity contribution in [3.8, 4) is 0 Å². The molecule has 0 aromatic carbocycles. The Morgan fingerprint density at radius 2 is 2.08 bits per heavy atom. The van der Waals surface area contributed by atoms with Crippen molar-refractivity contribution in [3.63, 3.8) is 0 Å². The molecule has 2 rings (SSSR count). The predicted molar refractivity (Wildman–Crippen MR) is 111 cm³/mol. The van der Waals surface area contributed by atoms with E-state index in [1.165, 1.54) is 30.6 Å². The number of sulfonamides is 1. The van der Waals surface area contributed by atoms with Crippen LogP contribution in [0.5, 0.6) is 0 Å². The SMILES string of the molecule is CCC1(CC)CCN(C(=NC)NCc2ccc(S(N)(=O)=O)s2)C1.I. The summed E-state index contributed by atoms with van der Waals surface area (Å²) in [4.78, 5) is 7.58. The third-order valence-electron chi connectivity index (χ3n) is 4.79. The highest BCUT2D eigenvalue weighted by Crippen LogP contribution is 2.36. The van der Waals surface area contributed by atoms with Crippen LogP contribution in [-0.4, -0.2) is 39.4 Å². The molecule has 24 heavy (non-hydrogen) atoms. The Balaban J connectivity index is 0.00000288. The first kappa shape index (κ1) is 21.7. The van der Waals surface area contributed by atoms with Crippen LogP contribution in [0.1, 0.15) is 38.0 Å². The second-order valence-corrected chi connectivity index (χ2v) is 9.00. The van der Waals surface area contributed by atoms with Crippen molar-refractivity contribution in [2.24, 2.45) is 15.5 Å². The molecular formula is C15H27IN4O2S2. The maximum atomic E-state index is 11.3. The van der Waals surface area contributed by atoms with Crippen LogP contribution in [0.15, 0.2) is 21.3 Å². The summed E-state index contributed by atoms with van der Waals surface area (Å²) in [5.74, 6) is 0.874. The van der Waals surface area contributed by atoms with Crippen molar-refractivity contribution in [1.82, 2.24) is 10.2 Å². The Kier molecular flexibility index (Phi) is 7.95. The number of nitrogens with zero attached hydrogens (tertiary/aromatic N) is 2. The van der Waals surface area contributed by atoms with Gasteiger partial charge in [0.1, 0.15) is 4.21 Å². The molecule has 0 atom stereocenters. The number of likely N-dealkylation sites (tertiary alicyclic amines) is 1. The van der Waals surface area contributed by atoms with Gasteiger partial charge in [-0.1, -0.05) is 13.8 Å². The molecule has 6 nitrogen and oxygen atoms in total. The molecule has 1 aromatic rings. The summed E-state index contributed by atoms with van der Waals surface area (Å²) in [6.07, 6.45) is 3.55. The van der Waals surface area contributed by atoms with E-state index in [1.54, 1.807) is 19.2 Å². The van der Waals surface area contributed by atoms with E-state index in [0.29, 0.717) is 12.0 Å². The van der Waals surface area contributed by atoms with Crippen molar-refractivity contribution < 1.29 is 8.42 Å². The minimum Gasteiger partial charge on any atom is -0.351 e. The molecule has 1 aromatic heterocycles. The Morgan fingerprint density at radius 1 is 1.42 bits per heavy atom. The maximum Gasteiger partial charge on any atom is 0.247 e. The summed E-state index contributed by atoms with van der Waals surface area (Å²) in [6.45, 7) is 7.09. The first-order valence-electron chi connectivity index (χ1n) is 7.90. The number of nitrogens with one attached hydrogen (secondary N) is 1. The number of primary sulfonamides is 1. The molecule has 1 aliphatic rings. The van der Waals surface area contributed by atoms with Gasteiger partial charge in [0.25, 0.3) is 0 Å². The van der Waals surface area contributed by atoms with Crippen molar-refractivity contribution in [2.45, 2.75) is 43.9 Å². The predicted octanol–water partition coefficient (Wildman–Crippen LogP) is 2.60. The van der Waals surface area contributed by atoms with E-state index in [-0.39, 0.29) is 28.2 Å². The van der Waals surface area contributed by atoms with Crippen LogP contribution >= 0.6 is 35.3 Å². The average Bonchev–Trinajstić information content (AvgIpc) is 3.15. The number of nitrogens with two attached hydrogens (primary N) is 1. The van der Waals surface area contributed by atoms with Gasteiger partial charge in [0.2, 0.25) is 10.0 Å². The van der Waals surface area contributed by atoms with E-state index in [9.17, 15) is 8.42 Å². The molecule has 138 valence electrons. The van der Waals surface area contributed by atoms with Gasteiger partial charge in [-0.3, -0.25) is 4.99 Å². The summed E-state index contributed by atoms with van der Waals surface area (Å²) in [7, 11) is -1.83. The molecule has 0 bridgehead atoms. The number of halogens is 1. The molecule has 2 heterocycles. The summed E-state index contributed by atoms with van der Waals surface area (Å²) in [5.41, 5.74) is 0.390. The molecule has 0 aliphatic carbocycles. The highest BCUT2D eigenvalue weighted by Gasteiger charge is 2.36. The van der Waals surface area contributed by atoms with Crippen molar-refractivity contribution in [2.75, 3.05) is 20.1 Å². The van der Waals surface area contributed by atoms with E-state index in [4.69, 9.17) is 5.14 Å². The van der Waals surface area contributed by atoms with E-state index < -0.39 is 10.0 Å². The van der Waals surface area contributed by atoms with Crippen LogP contribution in [0.4, 0.5) is 0 Å². The van der Waals surface area contributed by atoms with Crippen LogP contribution in [0.25, 0.3) is 0 Å². The first-order chi connectivity index (χ1) is 10.8. The number of hydrogen-bond donors (Lipinski definition) is 2. The van der Waals surface area contributed by atoms with Gasteiger partial charge in [0, 0.05) is 25.0 Å². The van der Waals surface area contributed by atoms with E-state index in [0.717, 1.165) is 23.9 Å². The van der Waals surface area contributed by atoms with Crippen LogP contribution in [-0.2, 0) is 16.6 Å². The van der Waals surface area contributed by atoms with Gasteiger partial charge in [0.15, 0.2) is 5.96 Å². The lowest BCUT2D eigenvalue weighted by molar-refractivity contribution is 0.276. The van der Waals surface area contributed by atoms with E-state index in [2.05, 4.69) is 29.1 Å². The Labute approximate surface area is 166 Å². The minimum absolute atomic E-state index is 0. The summed E-state index contributed by atoms with van der Waals surface area (Å²) < 4.78 is 22.8. The summed E-state index contributed by atoms with van der Waals surface area (Å²) >= 11 is 1.19. The monoisotopic (exact) mass is 486 g/mol. The fourth-order valence-electron chi connectivity index (χ4n) is 3.05. The van der Waals surface area contributed by atoms with Gasteiger partial charge in [-0.25, -0.2) is 13.6 Å². The molecule has 0 spiro atoms. The lowest BCUT2D eigenvalue weighted by atomic mass is 9.82. The third kappa shape index (κ3) is 5.06. The largest absolute Gasteiger partial charge is 0.351 e. The van der Waals surface area contributed by atoms with Crippen LogP contribution in [0.3, 0.4) is 0 Å². The molecule has 1 fully saturated rings. The topological polar surface area (TPSA) is 87.8 Å². The molecule has 0 radical (unpaired) electrons. The fraction of sp³-hybridized carbons (Fsp3) is 0.667. The lowest BCUT2D eigenvalue weighted by Crippen LogP contribution is -2.40. The summed E-state index contributed by atoms with van der Waals surface area (Å²) in [6, 6.07) is 3.34. The minimum atomic E-state index is -3.61. The molecule has 3 N–H and O–H groups in total. The fourth-order valence-corrected chi connectivity index (χ4v) is 4.77. The van der Waals surface area contributed by atoms with E-state index >= 15 is 0 Å². The van der Waals surface area contributed by atoms with Crippen molar-refractivity contribution in [3.05, 3.63) is 17.0 Å². The van der Waals surface area contributed by atoms with Gasteiger partial charge < -0.3 is 10.2 Å². The van der Waals surface area contributed by atoms with Gasteiger partial charge in [-0.05, 0) is 36.8 Å². The highest BCUT2D eigenvalue weighted by atomic mass is 127. The standard InChI is InChI=1S/C15H26N4O2S2.HI/c1-4-15(5-2)8-9-19(11-15)14(17-3)18-10-12-6-7-13(22-12)23(16,20)21;/h6-7H,4-5,8-11H2,1-3H3,(H,17,18)(H2,16,20,21);1H. The molecule has 1 aliphatic heterocycles. The zero-order chi connectivity index (χ0) is 17.1. The second-order valence-electron chi connectivity index (χ2n) is 6.05. The Morgan fingerprint density at radius 3 is 2.54 bits per heavy atom. The molecule has 0 saturated carbocycles. The molecule has 0 unspecified atom stereocenters. The first-order valence-corrected chi connectivity index (χ1v) is 10.3. The smallest absolute Gasteiger partial charge is 0.247 e. The van der Waals surface area contributed by atoms with Gasteiger partial charge in [0.05, 0.1) is 6.54 Å². The maximum absolute atomic E-state index is 11.3. The molecule has 9 heteroatoms. The number of guanidine groups is 1. The van der Waals surface area contributed by atoms with Crippen molar-refractivity contribution in [1.29, 1.82) is 0 Å². The summed E-state index contributed by atoms with van der Waals surface area (Å²) in [5, 5.41) is 8.47. The average molecular weight is 486 g/mol. The zero-order valence-corrected chi connectivity index (χ0v) is 18.4. The normalized spacial score (nSPS) is 17.7. The third-order valence-corrected chi connectivity index (χ3v) is 7.31. The molecular weight excluding hydrogens is 459 g/mol. The van der Waals surface area contributed by atoms with Crippen LogP contribution in [0, 0.1) is 5.41 Å². The highest BCUT2D eigenvalue weighted by molar-refractivity contribution is 14.0. The molecule has 1 saturated heterocycles. The Bertz CT molecular complexity index is 669. The van der Waals surface area contributed by atoms with Gasteiger partial charge in [-0.15, -0.1) is 35.3 Å². The number of rotatable bonds is 5.